The number of anilines is 1. The number of hydrogen-bond acceptors (Lipinski definition) is 3. The standard InChI is InChI=1S/C8H12N2O2S/c1-3-13(11,12)10-8-6-9-5-4-7(8)2/h4-6,10H,3H2,1-2H3. The van der Waals surface area contributed by atoms with Gasteiger partial charge < -0.3 is 0 Å². The molecule has 0 aliphatic rings. The van der Waals surface area contributed by atoms with Gasteiger partial charge in [0, 0.05) is 6.20 Å². The van der Waals surface area contributed by atoms with Gasteiger partial charge in [-0.3, -0.25) is 9.71 Å². The van der Waals surface area contributed by atoms with Gasteiger partial charge in [0.15, 0.2) is 0 Å². The van der Waals surface area contributed by atoms with Crippen LogP contribution in [0, 0.1) is 6.92 Å². The van der Waals surface area contributed by atoms with Crippen LogP contribution in [0.15, 0.2) is 18.5 Å². The van der Waals surface area contributed by atoms with E-state index in [1.54, 1.807) is 19.2 Å². The van der Waals surface area contributed by atoms with E-state index in [4.69, 9.17) is 0 Å². The van der Waals surface area contributed by atoms with Crippen LogP contribution in [0.3, 0.4) is 0 Å². The van der Waals surface area contributed by atoms with Gasteiger partial charge in [-0.05, 0) is 25.5 Å². The predicted octanol–water partition coefficient (Wildman–Crippen LogP) is 1.15. The number of nitrogens with one attached hydrogen (secondary N) is 1. The van der Waals surface area contributed by atoms with E-state index < -0.39 is 10.0 Å². The van der Waals surface area contributed by atoms with Crippen molar-refractivity contribution in [1.82, 2.24) is 4.98 Å². The molecule has 1 aromatic rings. The molecule has 0 atom stereocenters. The van der Waals surface area contributed by atoms with E-state index in [1.165, 1.54) is 6.20 Å². The molecule has 0 bridgehead atoms. The molecule has 0 saturated carbocycles. The molecule has 1 heterocycles. The van der Waals surface area contributed by atoms with Crippen molar-refractivity contribution in [3.05, 3.63) is 24.0 Å². The number of pyridine rings is 1. The molecule has 0 aliphatic carbocycles. The zero-order valence-corrected chi connectivity index (χ0v) is 8.43. The Morgan fingerprint density at radius 1 is 1.54 bits per heavy atom. The average Bonchev–Trinajstić information content (AvgIpc) is 2.09. The van der Waals surface area contributed by atoms with Crippen LogP contribution >= 0.6 is 0 Å². The van der Waals surface area contributed by atoms with Gasteiger partial charge in [-0.15, -0.1) is 0 Å². The smallest absolute Gasteiger partial charge is 0.232 e. The monoisotopic (exact) mass is 200 g/mol. The van der Waals surface area contributed by atoms with Gasteiger partial charge in [0.2, 0.25) is 10.0 Å². The Balaban J connectivity index is 2.93. The highest BCUT2D eigenvalue weighted by molar-refractivity contribution is 7.92. The normalized spacial score (nSPS) is 11.2. The van der Waals surface area contributed by atoms with Gasteiger partial charge in [0.1, 0.15) is 0 Å². The van der Waals surface area contributed by atoms with E-state index in [0.29, 0.717) is 5.69 Å². The van der Waals surface area contributed by atoms with Crippen molar-refractivity contribution < 1.29 is 8.42 Å². The summed E-state index contributed by atoms with van der Waals surface area (Å²) in [5, 5.41) is 0. The van der Waals surface area contributed by atoms with Crippen LogP contribution in [-0.4, -0.2) is 19.2 Å². The highest BCUT2D eigenvalue weighted by atomic mass is 32.2. The summed E-state index contributed by atoms with van der Waals surface area (Å²) in [6.07, 6.45) is 3.13. The number of aryl methyl sites for hydroxylation is 1. The van der Waals surface area contributed by atoms with E-state index in [9.17, 15) is 8.42 Å². The second-order valence-electron chi connectivity index (χ2n) is 2.70. The van der Waals surface area contributed by atoms with E-state index in [1.807, 2.05) is 6.92 Å². The van der Waals surface area contributed by atoms with E-state index in [0.717, 1.165) is 5.56 Å². The topological polar surface area (TPSA) is 59.1 Å². The van der Waals surface area contributed by atoms with Crippen molar-refractivity contribution in [3.63, 3.8) is 0 Å². The third-order valence-corrected chi connectivity index (χ3v) is 2.98. The predicted molar refractivity (Wildman–Crippen MR) is 52.1 cm³/mol. The fourth-order valence-corrected chi connectivity index (χ4v) is 1.50. The summed E-state index contributed by atoms with van der Waals surface area (Å²) in [6.45, 7) is 3.42. The number of sulfonamides is 1. The van der Waals surface area contributed by atoms with E-state index in [-0.39, 0.29) is 5.75 Å². The maximum absolute atomic E-state index is 11.2. The molecule has 1 rings (SSSR count). The molecule has 0 amide bonds. The van der Waals surface area contributed by atoms with Crippen molar-refractivity contribution in [1.29, 1.82) is 0 Å². The first-order valence-corrected chi connectivity index (χ1v) is 5.61. The van der Waals surface area contributed by atoms with Crippen LogP contribution < -0.4 is 4.72 Å². The van der Waals surface area contributed by atoms with Crippen LogP contribution in [0.5, 0.6) is 0 Å². The second kappa shape index (κ2) is 3.74. The van der Waals surface area contributed by atoms with Crippen molar-refractivity contribution in [2.24, 2.45) is 0 Å². The summed E-state index contributed by atoms with van der Waals surface area (Å²) in [5.41, 5.74) is 1.41. The van der Waals surface area contributed by atoms with Crippen LogP contribution in [0.4, 0.5) is 5.69 Å². The van der Waals surface area contributed by atoms with E-state index in [2.05, 4.69) is 9.71 Å². The molecule has 0 aromatic carbocycles. The minimum absolute atomic E-state index is 0.0708. The van der Waals surface area contributed by atoms with Gasteiger partial charge in [-0.2, -0.15) is 0 Å². The van der Waals surface area contributed by atoms with Crippen LogP contribution in [-0.2, 0) is 10.0 Å². The first kappa shape index (κ1) is 9.98. The molecule has 0 spiro atoms. The fourth-order valence-electron chi connectivity index (χ4n) is 0.811. The Hall–Kier alpha value is -1.10. The van der Waals surface area contributed by atoms with Gasteiger partial charge in [-0.25, -0.2) is 8.42 Å². The van der Waals surface area contributed by atoms with Crippen molar-refractivity contribution in [3.8, 4) is 0 Å². The maximum atomic E-state index is 11.2. The summed E-state index contributed by atoms with van der Waals surface area (Å²) in [5.74, 6) is 0.0708. The van der Waals surface area contributed by atoms with Gasteiger partial charge in [-0.1, -0.05) is 0 Å². The van der Waals surface area contributed by atoms with Gasteiger partial charge >= 0.3 is 0 Å². The SMILES string of the molecule is CCS(=O)(=O)Nc1cnccc1C. The molecule has 0 saturated heterocycles. The molecule has 72 valence electrons. The number of rotatable bonds is 3. The lowest BCUT2D eigenvalue weighted by Gasteiger charge is -2.07. The minimum atomic E-state index is -3.19. The molecule has 0 fully saturated rings. The lowest BCUT2D eigenvalue weighted by atomic mass is 10.3. The minimum Gasteiger partial charge on any atom is -0.282 e. The lowest BCUT2D eigenvalue weighted by molar-refractivity contribution is 0.602. The molecule has 0 aliphatic heterocycles. The Morgan fingerprint density at radius 2 is 2.23 bits per heavy atom. The van der Waals surface area contributed by atoms with Gasteiger partial charge in [0.05, 0.1) is 17.6 Å². The van der Waals surface area contributed by atoms with Crippen molar-refractivity contribution >= 4 is 15.7 Å². The van der Waals surface area contributed by atoms with Crippen LogP contribution in [0.25, 0.3) is 0 Å². The Kier molecular flexibility index (Phi) is 2.87. The maximum Gasteiger partial charge on any atom is 0.232 e. The Morgan fingerprint density at radius 3 is 2.77 bits per heavy atom. The fraction of sp³-hybridized carbons (Fsp3) is 0.375. The molecule has 0 unspecified atom stereocenters. The molecule has 0 radical (unpaired) electrons. The van der Waals surface area contributed by atoms with E-state index >= 15 is 0 Å². The van der Waals surface area contributed by atoms with Crippen molar-refractivity contribution in [2.45, 2.75) is 13.8 Å². The third kappa shape index (κ3) is 2.69. The Bertz CT molecular complexity index is 387. The number of aromatic nitrogens is 1. The summed E-state index contributed by atoms with van der Waals surface area (Å²) in [6, 6.07) is 1.76. The van der Waals surface area contributed by atoms with Crippen LogP contribution in [0.1, 0.15) is 12.5 Å². The molecule has 1 aromatic heterocycles. The summed E-state index contributed by atoms with van der Waals surface area (Å²) >= 11 is 0. The largest absolute Gasteiger partial charge is 0.282 e. The number of nitrogens with zero attached hydrogens (tertiary/aromatic N) is 1. The third-order valence-electron chi connectivity index (χ3n) is 1.68. The molecule has 4 nitrogen and oxygen atoms in total. The molecule has 13 heavy (non-hydrogen) atoms. The highest BCUT2D eigenvalue weighted by Gasteiger charge is 2.07. The highest BCUT2D eigenvalue weighted by Crippen LogP contribution is 2.12. The molecular formula is C8H12N2O2S. The number of hydrogen-bond donors (Lipinski definition) is 1. The van der Waals surface area contributed by atoms with Gasteiger partial charge in [0.25, 0.3) is 0 Å². The van der Waals surface area contributed by atoms with Crippen LogP contribution in [0.2, 0.25) is 0 Å². The summed E-state index contributed by atoms with van der Waals surface area (Å²) in [7, 11) is -3.19. The molecule has 5 heteroatoms. The molecule has 1 N–H and O–H groups in total. The zero-order chi connectivity index (χ0) is 9.90. The summed E-state index contributed by atoms with van der Waals surface area (Å²) < 4.78 is 24.8. The lowest BCUT2D eigenvalue weighted by Crippen LogP contribution is -2.15. The first-order valence-electron chi connectivity index (χ1n) is 3.96. The molecular weight excluding hydrogens is 188 g/mol. The first-order chi connectivity index (χ1) is 6.05. The second-order valence-corrected chi connectivity index (χ2v) is 4.71. The van der Waals surface area contributed by atoms with Crippen molar-refractivity contribution in [2.75, 3.05) is 10.5 Å². The Labute approximate surface area is 78.1 Å². The average molecular weight is 200 g/mol. The quantitative estimate of drug-likeness (QED) is 0.796. The zero-order valence-electron chi connectivity index (χ0n) is 7.61. The summed E-state index contributed by atoms with van der Waals surface area (Å²) in [4.78, 5) is 3.84.